The molecule has 0 fully saturated rings. The highest BCUT2D eigenvalue weighted by Crippen LogP contribution is 2.10. The van der Waals surface area contributed by atoms with Gasteiger partial charge in [-0.25, -0.2) is 4.68 Å². The van der Waals surface area contributed by atoms with Crippen LogP contribution < -0.4 is 5.32 Å². The van der Waals surface area contributed by atoms with Crippen LogP contribution in [0.3, 0.4) is 0 Å². The quantitative estimate of drug-likeness (QED) is 0.875. The van der Waals surface area contributed by atoms with Crippen molar-refractivity contribution in [2.75, 3.05) is 0 Å². The molecular weight excluding hydrogens is 222 g/mol. The lowest BCUT2D eigenvalue weighted by Crippen LogP contribution is -2.22. The molecule has 96 valence electrons. The van der Waals surface area contributed by atoms with Gasteiger partial charge < -0.3 is 5.32 Å². The van der Waals surface area contributed by atoms with Gasteiger partial charge >= 0.3 is 0 Å². The molecule has 0 bridgehead atoms. The van der Waals surface area contributed by atoms with Gasteiger partial charge in [0.05, 0.1) is 11.4 Å². The molecule has 1 heterocycles. The number of rotatable bonds is 5. The first-order valence-corrected chi connectivity index (χ1v) is 6.56. The maximum absolute atomic E-state index is 4.56. The summed E-state index contributed by atoms with van der Waals surface area (Å²) >= 11 is 0. The third kappa shape index (κ3) is 3.20. The fraction of sp³-hybridized carbons (Fsp3) is 0.400. The van der Waals surface area contributed by atoms with Crippen molar-refractivity contribution in [3.63, 3.8) is 0 Å². The molecule has 0 unspecified atom stereocenters. The van der Waals surface area contributed by atoms with Gasteiger partial charge in [0.2, 0.25) is 0 Å². The van der Waals surface area contributed by atoms with Gasteiger partial charge in [-0.2, -0.15) is 5.10 Å². The molecule has 0 spiro atoms. The summed E-state index contributed by atoms with van der Waals surface area (Å²) in [4.78, 5) is 0. The van der Waals surface area contributed by atoms with Crippen molar-refractivity contribution < 1.29 is 0 Å². The van der Waals surface area contributed by atoms with Crippen molar-refractivity contribution in [1.82, 2.24) is 15.1 Å². The molecule has 1 aromatic carbocycles. The third-order valence-electron chi connectivity index (χ3n) is 2.94. The van der Waals surface area contributed by atoms with Crippen LogP contribution in [0.1, 0.15) is 32.0 Å². The number of nitrogens with zero attached hydrogens (tertiary/aromatic N) is 2. The lowest BCUT2D eigenvalue weighted by Gasteiger charge is -2.05. The van der Waals surface area contributed by atoms with Gasteiger partial charge in [-0.3, -0.25) is 0 Å². The molecule has 3 nitrogen and oxygen atoms in total. The van der Waals surface area contributed by atoms with Crippen LogP contribution >= 0.6 is 0 Å². The molecule has 3 heteroatoms. The maximum Gasteiger partial charge on any atom is 0.0766 e. The Balaban J connectivity index is 2.08. The fourth-order valence-electron chi connectivity index (χ4n) is 1.79. The van der Waals surface area contributed by atoms with E-state index in [1.165, 1.54) is 5.56 Å². The lowest BCUT2D eigenvalue weighted by atomic mass is 10.1. The van der Waals surface area contributed by atoms with Crippen molar-refractivity contribution >= 4 is 0 Å². The molecule has 2 rings (SSSR count). The van der Waals surface area contributed by atoms with E-state index in [9.17, 15) is 0 Å². The second-order valence-electron chi connectivity index (χ2n) is 4.81. The molecule has 0 radical (unpaired) electrons. The Kier molecular flexibility index (Phi) is 4.15. The summed E-state index contributed by atoms with van der Waals surface area (Å²) in [5, 5.41) is 7.93. The summed E-state index contributed by atoms with van der Waals surface area (Å²) in [6, 6.07) is 11.1. The zero-order chi connectivity index (χ0) is 13.0. The van der Waals surface area contributed by atoms with Gasteiger partial charge in [-0.1, -0.05) is 32.9 Å². The standard InChI is InChI=1S/C15H21N3/c1-4-13-5-7-15(8-6-13)18-10-9-14(17-18)11-16-12(2)3/h5-10,12,16H,4,11H2,1-3H3. The van der Waals surface area contributed by atoms with Gasteiger partial charge in [0.15, 0.2) is 0 Å². The average molecular weight is 243 g/mol. The summed E-state index contributed by atoms with van der Waals surface area (Å²) in [5.41, 5.74) is 3.54. The van der Waals surface area contributed by atoms with E-state index in [1.807, 2.05) is 10.9 Å². The van der Waals surface area contributed by atoms with Crippen LogP contribution in [0, 0.1) is 0 Å². The Labute approximate surface area is 109 Å². The second kappa shape index (κ2) is 5.83. The number of hydrogen-bond donors (Lipinski definition) is 1. The largest absolute Gasteiger partial charge is 0.309 e. The normalized spacial score (nSPS) is 11.1. The molecule has 0 aliphatic rings. The molecule has 0 saturated heterocycles. The van der Waals surface area contributed by atoms with Crippen LogP contribution in [0.15, 0.2) is 36.5 Å². The van der Waals surface area contributed by atoms with Crippen LogP contribution in [0.2, 0.25) is 0 Å². The zero-order valence-corrected chi connectivity index (χ0v) is 11.4. The predicted molar refractivity (Wildman–Crippen MR) is 74.9 cm³/mol. The summed E-state index contributed by atoms with van der Waals surface area (Å²) in [6.07, 6.45) is 3.08. The highest BCUT2D eigenvalue weighted by atomic mass is 15.3. The monoisotopic (exact) mass is 243 g/mol. The summed E-state index contributed by atoms with van der Waals surface area (Å²) < 4.78 is 1.93. The smallest absolute Gasteiger partial charge is 0.0766 e. The molecule has 1 N–H and O–H groups in total. The first kappa shape index (κ1) is 12.8. The lowest BCUT2D eigenvalue weighted by molar-refractivity contribution is 0.578. The maximum atomic E-state index is 4.56. The number of aromatic nitrogens is 2. The number of hydrogen-bond acceptors (Lipinski definition) is 2. The zero-order valence-electron chi connectivity index (χ0n) is 11.4. The molecule has 18 heavy (non-hydrogen) atoms. The Bertz CT molecular complexity index is 483. The Morgan fingerprint density at radius 1 is 1.17 bits per heavy atom. The van der Waals surface area contributed by atoms with Crippen LogP contribution in [-0.4, -0.2) is 15.8 Å². The molecule has 0 saturated carbocycles. The van der Waals surface area contributed by atoms with Crippen LogP contribution in [0.25, 0.3) is 5.69 Å². The molecule has 1 aromatic heterocycles. The number of nitrogens with one attached hydrogen (secondary N) is 1. The van der Waals surface area contributed by atoms with Gasteiger partial charge in [0, 0.05) is 18.8 Å². The van der Waals surface area contributed by atoms with Crippen molar-refractivity contribution in [3.8, 4) is 5.69 Å². The SMILES string of the molecule is CCc1ccc(-n2ccc(CNC(C)C)n2)cc1. The van der Waals surface area contributed by atoms with Crippen LogP contribution in [0.4, 0.5) is 0 Å². The summed E-state index contributed by atoms with van der Waals surface area (Å²) in [7, 11) is 0. The van der Waals surface area contributed by atoms with E-state index < -0.39 is 0 Å². The van der Waals surface area contributed by atoms with Crippen LogP contribution in [0.5, 0.6) is 0 Å². The fourth-order valence-corrected chi connectivity index (χ4v) is 1.79. The minimum absolute atomic E-state index is 0.485. The van der Waals surface area contributed by atoms with Gasteiger partial charge in [0.1, 0.15) is 0 Å². The minimum atomic E-state index is 0.485. The number of aryl methyl sites for hydroxylation is 1. The molecule has 2 aromatic rings. The molecule has 0 amide bonds. The van der Waals surface area contributed by atoms with Crippen molar-refractivity contribution in [1.29, 1.82) is 0 Å². The first-order chi connectivity index (χ1) is 8.69. The van der Waals surface area contributed by atoms with Crippen LogP contribution in [-0.2, 0) is 13.0 Å². The summed E-state index contributed by atoms with van der Waals surface area (Å²) in [5.74, 6) is 0. The summed E-state index contributed by atoms with van der Waals surface area (Å²) in [6.45, 7) is 7.26. The van der Waals surface area contributed by atoms with Gasteiger partial charge in [-0.05, 0) is 30.2 Å². The van der Waals surface area contributed by atoms with E-state index in [1.54, 1.807) is 0 Å². The molecule has 0 atom stereocenters. The molecular formula is C15H21N3. The van der Waals surface area contributed by atoms with Crippen molar-refractivity contribution in [2.45, 2.75) is 39.8 Å². The topological polar surface area (TPSA) is 29.9 Å². The van der Waals surface area contributed by atoms with E-state index >= 15 is 0 Å². The highest BCUT2D eigenvalue weighted by molar-refractivity contribution is 5.34. The van der Waals surface area contributed by atoms with E-state index in [0.717, 1.165) is 24.3 Å². The molecule has 0 aliphatic heterocycles. The van der Waals surface area contributed by atoms with Gasteiger partial charge in [-0.15, -0.1) is 0 Å². The first-order valence-electron chi connectivity index (χ1n) is 6.56. The minimum Gasteiger partial charge on any atom is -0.309 e. The highest BCUT2D eigenvalue weighted by Gasteiger charge is 2.02. The third-order valence-corrected chi connectivity index (χ3v) is 2.94. The van der Waals surface area contributed by atoms with E-state index in [0.29, 0.717) is 6.04 Å². The van der Waals surface area contributed by atoms with E-state index in [2.05, 4.69) is 61.5 Å². The number of benzene rings is 1. The van der Waals surface area contributed by atoms with Crippen molar-refractivity contribution in [2.24, 2.45) is 0 Å². The Morgan fingerprint density at radius 3 is 2.50 bits per heavy atom. The van der Waals surface area contributed by atoms with Crippen molar-refractivity contribution in [3.05, 3.63) is 47.8 Å². The second-order valence-corrected chi connectivity index (χ2v) is 4.81. The predicted octanol–water partition coefficient (Wildman–Crippen LogP) is 2.93. The Morgan fingerprint density at radius 2 is 1.89 bits per heavy atom. The molecule has 0 aliphatic carbocycles. The van der Waals surface area contributed by atoms with Gasteiger partial charge in [0.25, 0.3) is 0 Å². The Hall–Kier alpha value is -1.61. The van der Waals surface area contributed by atoms with E-state index in [-0.39, 0.29) is 0 Å². The average Bonchev–Trinajstić information content (AvgIpc) is 2.85. The van der Waals surface area contributed by atoms with E-state index in [4.69, 9.17) is 0 Å².